The van der Waals surface area contributed by atoms with Gasteiger partial charge in [-0.05, 0) is 12.1 Å². The number of aliphatic imine (C=N–C) groups is 1. The first-order valence-corrected chi connectivity index (χ1v) is 5.57. The van der Waals surface area contributed by atoms with Gasteiger partial charge < -0.3 is 15.8 Å². The van der Waals surface area contributed by atoms with Crippen molar-refractivity contribution in [1.82, 2.24) is 5.32 Å². The summed E-state index contributed by atoms with van der Waals surface area (Å²) in [5.41, 5.74) is 6.10. The average Bonchev–Trinajstić information content (AvgIpc) is 2.68. The third-order valence-corrected chi connectivity index (χ3v) is 2.68. The van der Waals surface area contributed by atoms with Crippen molar-refractivity contribution in [2.24, 2.45) is 4.99 Å². The van der Waals surface area contributed by atoms with Gasteiger partial charge in [-0.1, -0.05) is 23.2 Å². The summed E-state index contributed by atoms with van der Waals surface area (Å²) in [6.07, 6.45) is 0. The Hall–Kier alpha value is -1.13. The first-order valence-electron chi connectivity index (χ1n) is 4.81. The molecular weight excluding hydrogens is 249 g/mol. The molecule has 6 heteroatoms. The first-order chi connectivity index (χ1) is 7.66. The normalized spacial score (nSPS) is 14.5. The third-order valence-electron chi connectivity index (χ3n) is 2.12. The predicted molar refractivity (Wildman–Crippen MR) is 66.7 cm³/mol. The van der Waals surface area contributed by atoms with Crippen LogP contribution in [0.1, 0.15) is 0 Å². The zero-order chi connectivity index (χ0) is 11.5. The van der Waals surface area contributed by atoms with Crippen molar-refractivity contribution in [3.05, 3.63) is 22.2 Å². The van der Waals surface area contributed by atoms with E-state index in [4.69, 9.17) is 33.7 Å². The molecule has 0 saturated heterocycles. The Balaban J connectivity index is 2.09. The van der Waals surface area contributed by atoms with Gasteiger partial charge in [-0.3, -0.25) is 4.99 Å². The van der Waals surface area contributed by atoms with Gasteiger partial charge in [0.05, 0.1) is 16.6 Å². The lowest BCUT2D eigenvalue weighted by Gasteiger charge is -2.10. The molecule has 2 rings (SSSR count). The number of halogens is 2. The first kappa shape index (κ1) is 11.4. The van der Waals surface area contributed by atoms with Gasteiger partial charge >= 0.3 is 0 Å². The Bertz CT molecular complexity index is 411. The van der Waals surface area contributed by atoms with Gasteiger partial charge in [0.25, 0.3) is 0 Å². The molecule has 1 aromatic rings. The molecule has 0 saturated carbocycles. The highest BCUT2D eigenvalue weighted by Gasteiger charge is 2.11. The summed E-state index contributed by atoms with van der Waals surface area (Å²) in [5, 5.41) is 3.90. The molecule has 1 aliphatic rings. The summed E-state index contributed by atoms with van der Waals surface area (Å²) in [7, 11) is 0. The standard InChI is InChI=1S/C10H11Cl2N3O/c11-7-3-6(13)4-8(12)10(7)16-5-9-14-1-2-15-9/h3-4H,1-2,5,13H2,(H,14,15). The van der Waals surface area contributed by atoms with E-state index in [-0.39, 0.29) is 0 Å². The second-order valence-electron chi connectivity index (χ2n) is 3.36. The van der Waals surface area contributed by atoms with E-state index in [0.717, 1.165) is 18.9 Å². The summed E-state index contributed by atoms with van der Waals surface area (Å²) in [6, 6.07) is 3.21. The van der Waals surface area contributed by atoms with Crippen LogP contribution in [0.2, 0.25) is 10.0 Å². The van der Waals surface area contributed by atoms with Crippen LogP contribution in [0.3, 0.4) is 0 Å². The van der Waals surface area contributed by atoms with E-state index in [1.165, 1.54) is 0 Å². The second kappa shape index (κ2) is 4.80. The molecule has 1 aromatic carbocycles. The van der Waals surface area contributed by atoms with Crippen molar-refractivity contribution < 1.29 is 4.74 Å². The molecule has 3 N–H and O–H groups in total. The van der Waals surface area contributed by atoms with E-state index in [1.807, 2.05) is 0 Å². The van der Waals surface area contributed by atoms with Crippen LogP contribution in [-0.2, 0) is 0 Å². The number of ether oxygens (including phenoxy) is 1. The van der Waals surface area contributed by atoms with E-state index in [9.17, 15) is 0 Å². The number of hydrogen-bond donors (Lipinski definition) is 2. The van der Waals surface area contributed by atoms with Crippen LogP contribution in [0.5, 0.6) is 5.75 Å². The predicted octanol–water partition coefficient (Wildman–Crippen LogP) is 1.96. The van der Waals surface area contributed by atoms with E-state index in [2.05, 4.69) is 10.3 Å². The van der Waals surface area contributed by atoms with Crippen molar-refractivity contribution in [2.45, 2.75) is 0 Å². The summed E-state index contributed by atoms with van der Waals surface area (Å²) in [4.78, 5) is 4.20. The van der Waals surface area contributed by atoms with E-state index >= 15 is 0 Å². The molecule has 86 valence electrons. The molecule has 0 atom stereocenters. The molecule has 0 aliphatic carbocycles. The lowest BCUT2D eigenvalue weighted by atomic mass is 10.3. The Kier molecular flexibility index (Phi) is 3.41. The number of nitrogen functional groups attached to an aromatic ring is 1. The summed E-state index contributed by atoms with van der Waals surface area (Å²) >= 11 is 11.9. The lowest BCUT2D eigenvalue weighted by molar-refractivity contribution is 0.374. The SMILES string of the molecule is Nc1cc(Cl)c(OCC2=NCCN2)c(Cl)c1. The fraction of sp³-hybridized carbons (Fsp3) is 0.300. The van der Waals surface area contributed by atoms with Gasteiger partial charge in [-0.25, -0.2) is 0 Å². The molecule has 16 heavy (non-hydrogen) atoms. The molecular formula is C10H11Cl2N3O. The highest BCUT2D eigenvalue weighted by molar-refractivity contribution is 6.37. The highest BCUT2D eigenvalue weighted by Crippen LogP contribution is 2.34. The Morgan fingerprint density at radius 1 is 1.38 bits per heavy atom. The van der Waals surface area contributed by atoms with Crippen LogP contribution in [0.25, 0.3) is 0 Å². The maximum atomic E-state index is 5.97. The van der Waals surface area contributed by atoms with E-state index < -0.39 is 0 Å². The second-order valence-corrected chi connectivity index (χ2v) is 4.17. The van der Waals surface area contributed by atoms with Gasteiger partial charge in [0, 0.05) is 12.2 Å². The fourth-order valence-corrected chi connectivity index (χ4v) is 2.01. The van der Waals surface area contributed by atoms with Crippen LogP contribution >= 0.6 is 23.2 Å². The van der Waals surface area contributed by atoms with E-state index in [0.29, 0.717) is 28.1 Å². The summed E-state index contributed by atoms with van der Waals surface area (Å²) in [6.45, 7) is 1.97. The average molecular weight is 260 g/mol. The number of nitrogens with two attached hydrogens (primary N) is 1. The number of nitrogens with zero attached hydrogens (tertiary/aromatic N) is 1. The molecule has 0 fully saturated rings. The Morgan fingerprint density at radius 2 is 2.06 bits per heavy atom. The summed E-state index contributed by atoms with van der Waals surface area (Å²) < 4.78 is 5.49. The minimum atomic E-state index is 0.337. The number of amidine groups is 1. The number of anilines is 1. The van der Waals surface area contributed by atoms with E-state index in [1.54, 1.807) is 12.1 Å². The molecule has 0 amide bonds. The molecule has 0 unspecified atom stereocenters. The molecule has 1 heterocycles. The summed E-state index contributed by atoms with van der Waals surface area (Å²) in [5.74, 6) is 1.25. The number of hydrogen-bond acceptors (Lipinski definition) is 4. The Labute approximate surface area is 103 Å². The van der Waals surface area contributed by atoms with Crippen LogP contribution in [0.15, 0.2) is 17.1 Å². The molecule has 0 radical (unpaired) electrons. The van der Waals surface area contributed by atoms with Gasteiger partial charge in [-0.2, -0.15) is 0 Å². The van der Waals surface area contributed by atoms with Crippen molar-refractivity contribution in [2.75, 3.05) is 25.4 Å². The highest BCUT2D eigenvalue weighted by atomic mass is 35.5. The number of rotatable bonds is 3. The maximum absolute atomic E-state index is 5.97. The zero-order valence-electron chi connectivity index (χ0n) is 8.46. The van der Waals surface area contributed by atoms with Crippen molar-refractivity contribution in [1.29, 1.82) is 0 Å². The zero-order valence-corrected chi connectivity index (χ0v) is 9.98. The van der Waals surface area contributed by atoms with Crippen molar-refractivity contribution in [3.63, 3.8) is 0 Å². The monoisotopic (exact) mass is 259 g/mol. The lowest BCUT2D eigenvalue weighted by Crippen LogP contribution is -2.25. The number of nitrogens with one attached hydrogen (secondary N) is 1. The molecule has 4 nitrogen and oxygen atoms in total. The van der Waals surface area contributed by atoms with Gasteiger partial charge in [0.15, 0.2) is 5.75 Å². The molecule has 0 spiro atoms. The van der Waals surface area contributed by atoms with Crippen LogP contribution < -0.4 is 15.8 Å². The number of benzene rings is 1. The van der Waals surface area contributed by atoms with Crippen molar-refractivity contribution in [3.8, 4) is 5.75 Å². The fourth-order valence-electron chi connectivity index (χ4n) is 1.40. The van der Waals surface area contributed by atoms with Crippen molar-refractivity contribution >= 4 is 34.7 Å². The topological polar surface area (TPSA) is 59.6 Å². The smallest absolute Gasteiger partial charge is 0.157 e. The quantitative estimate of drug-likeness (QED) is 0.816. The van der Waals surface area contributed by atoms with Gasteiger partial charge in [0.2, 0.25) is 0 Å². The van der Waals surface area contributed by atoms with Crippen LogP contribution in [-0.4, -0.2) is 25.5 Å². The third kappa shape index (κ3) is 2.51. The van der Waals surface area contributed by atoms with Crippen LogP contribution in [0.4, 0.5) is 5.69 Å². The minimum absolute atomic E-state index is 0.337. The maximum Gasteiger partial charge on any atom is 0.157 e. The van der Waals surface area contributed by atoms with Crippen LogP contribution in [0, 0.1) is 0 Å². The van der Waals surface area contributed by atoms with Gasteiger partial charge in [-0.15, -0.1) is 0 Å². The molecule has 0 bridgehead atoms. The molecule has 1 aliphatic heterocycles. The largest absolute Gasteiger partial charge is 0.483 e. The Morgan fingerprint density at radius 3 is 2.62 bits per heavy atom. The minimum Gasteiger partial charge on any atom is -0.483 e. The van der Waals surface area contributed by atoms with Gasteiger partial charge in [0.1, 0.15) is 12.4 Å². The molecule has 0 aromatic heterocycles.